The van der Waals surface area contributed by atoms with Crippen LogP contribution >= 0.6 is 0 Å². The molecule has 0 amide bonds. The first-order valence-electron chi connectivity index (χ1n) is 7.13. The highest BCUT2D eigenvalue weighted by Crippen LogP contribution is 2.20. The summed E-state index contributed by atoms with van der Waals surface area (Å²) in [4.78, 5) is 21.0. The fourth-order valence-electron chi connectivity index (χ4n) is 2.70. The Morgan fingerprint density at radius 1 is 1.13 bits per heavy atom. The smallest absolute Gasteiger partial charge is 0.262 e. The minimum Gasteiger partial charge on any atom is -0.508 e. The van der Waals surface area contributed by atoms with E-state index >= 15 is 0 Å². The average Bonchev–Trinajstić information content (AvgIpc) is 3.04. The van der Waals surface area contributed by atoms with Gasteiger partial charge >= 0.3 is 0 Å². The number of hydrogen-bond acceptors (Lipinski definition) is 5. The van der Waals surface area contributed by atoms with E-state index in [0.717, 1.165) is 5.56 Å². The summed E-state index contributed by atoms with van der Waals surface area (Å²) in [6.45, 7) is 1.93. The van der Waals surface area contributed by atoms with Crippen molar-refractivity contribution in [2.75, 3.05) is 0 Å². The number of rotatable bonds is 2. The van der Waals surface area contributed by atoms with Gasteiger partial charge in [-0.1, -0.05) is 12.1 Å². The number of fused-ring (bicyclic) bond motifs is 3. The van der Waals surface area contributed by atoms with E-state index in [2.05, 4.69) is 15.1 Å². The van der Waals surface area contributed by atoms with Crippen LogP contribution in [0, 0.1) is 0 Å². The predicted octanol–water partition coefficient (Wildman–Crippen LogP) is 1.75. The Labute approximate surface area is 130 Å². The molecule has 3 aromatic heterocycles. The second-order valence-electron chi connectivity index (χ2n) is 5.32. The number of pyridine rings is 1. The monoisotopic (exact) mass is 307 g/mol. The van der Waals surface area contributed by atoms with Crippen LogP contribution in [-0.4, -0.2) is 29.3 Å². The molecule has 0 saturated carbocycles. The number of phenolic OH excluding ortho intramolecular Hbond substituents is 1. The Morgan fingerprint density at radius 3 is 2.70 bits per heavy atom. The molecular formula is C16H13N5O2. The maximum atomic E-state index is 12.8. The van der Waals surface area contributed by atoms with Crippen LogP contribution in [0.3, 0.4) is 0 Å². The van der Waals surface area contributed by atoms with Crippen molar-refractivity contribution in [1.82, 2.24) is 24.1 Å². The van der Waals surface area contributed by atoms with Crippen molar-refractivity contribution >= 4 is 16.7 Å². The highest BCUT2D eigenvalue weighted by atomic mass is 16.3. The van der Waals surface area contributed by atoms with Gasteiger partial charge in [0, 0.05) is 12.4 Å². The molecule has 1 N–H and O–H groups in total. The third-order valence-corrected chi connectivity index (χ3v) is 3.99. The van der Waals surface area contributed by atoms with Gasteiger partial charge in [0.1, 0.15) is 12.1 Å². The molecule has 114 valence electrons. The van der Waals surface area contributed by atoms with Crippen LogP contribution < -0.4 is 5.56 Å². The summed E-state index contributed by atoms with van der Waals surface area (Å²) in [5, 5.41) is 14.0. The molecule has 7 nitrogen and oxygen atoms in total. The van der Waals surface area contributed by atoms with Crippen LogP contribution in [0.25, 0.3) is 16.7 Å². The van der Waals surface area contributed by atoms with E-state index in [-0.39, 0.29) is 17.4 Å². The molecule has 7 heteroatoms. The molecule has 0 aliphatic rings. The van der Waals surface area contributed by atoms with Crippen LogP contribution in [0.2, 0.25) is 0 Å². The fraction of sp³-hybridized carbons (Fsp3) is 0.125. The summed E-state index contributed by atoms with van der Waals surface area (Å²) in [6.07, 6.45) is 4.68. The van der Waals surface area contributed by atoms with Crippen LogP contribution in [0.4, 0.5) is 0 Å². The third kappa shape index (κ3) is 2.05. The summed E-state index contributed by atoms with van der Waals surface area (Å²) in [5.41, 5.74) is 1.46. The molecular weight excluding hydrogens is 294 g/mol. The molecule has 1 atom stereocenters. The minimum atomic E-state index is -0.168. The number of benzene rings is 1. The van der Waals surface area contributed by atoms with Gasteiger partial charge in [0.2, 0.25) is 0 Å². The third-order valence-electron chi connectivity index (χ3n) is 3.99. The zero-order valence-electron chi connectivity index (χ0n) is 12.3. The lowest BCUT2D eigenvalue weighted by Gasteiger charge is -2.16. The Morgan fingerprint density at radius 2 is 1.91 bits per heavy atom. The van der Waals surface area contributed by atoms with Crippen LogP contribution in [0.5, 0.6) is 5.75 Å². The van der Waals surface area contributed by atoms with Gasteiger partial charge in [0.25, 0.3) is 11.3 Å². The quantitative estimate of drug-likeness (QED) is 0.610. The molecule has 3 heterocycles. The standard InChI is InChI=1S/C16H13N5O2/c1-10(11-2-4-12(22)5-3-11)20-7-6-14-13(15(20)23)8-17-16-18-9-19-21(14)16/h2-10,22H,1H3/t10-/m1/s1. The van der Waals surface area contributed by atoms with Crippen molar-refractivity contribution in [3.05, 3.63) is 65.0 Å². The summed E-state index contributed by atoms with van der Waals surface area (Å²) in [5.74, 6) is 0.658. The molecule has 4 aromatic rings. The molecule has 0 aliphatic heterocycles. The van der Waals surface area contributed by atoms with Gasteiger partial charge in [-0.15, -0.1) is 0 Å². The SMILES string of the molecule is C[C@H](c1ccc(O)cc1)n1ccc2c(cnc3ncnn32)c1=O. The van der Waals surface area contributed by atoms with Gasteiger partial charge in [-0.3, -0.25) is 4.79 Å². The van der Waals surface area contributed by atoms with E-state index in [9.17, 15) is 9.90 Å². The highest BCUT2D eigenvalue weighted by Gasteiger charge is 2.13. The van der Waals surface area contributed by atoms with E-state index in [4.69, 9.17) is 0 Å². The fourth-order valence-corrected chi connectivity index (χ4v) is 2.70. The molecule has 0 fully saturated rings. The van der Waals surface area contributed by atoms with Crippen molar-refractivity contribution in [3.8, 4) is 5.75 Å². The summed E-state index contributed by atoms with van der Waals surface area (Å²) < 4.78 is 3.19. The largest absolute Gasteiger partial charge is 0.508 e. The Kier molecular flexibility index (Phi) is 2.87. The van der Waals surface area contributed by atoms with E-state index in [0.29, 0.717) is 16.7 Å². The summed E-state index contributed by atoms with van der Waals surface area (Å²) >= 11 is 0. The molecule has 0 saturated heterocycles. The zero-order valence-corrected chi connectivity index (χ0v) is 12.3. The van der Waals surface area contributed by atoms with Crippen molar-refractivity contribution in [1.29, 1.82) is 0 Å². The van der Waals surface area contributed by atoms with Crippen LogP contribution in [0.15, 0.2) is 53.8 Å². The van der Waals surface area contributed by atoms with Gasteiger partial charge < -0.3 is 9.67 Å². The first kappa shape index (κ1) is 13.4. The molecule has 0 unspecified atom stereocenters. The molecule has 0 spiro atoms. The maximum Gasteiger partial charge on any atom is 0.262 e. The lowest BCUT2D eigenvalue weighted by atomic mass is 10.1. The van der Waals surface area contributed by atoms with E-state index < -0.39 is 0 Å². The summed E-state index contributed by atoms with van der Waals surface area (Å²) in [7, 11) is 0. The summed E-state index contributed by atoms with van der Waals surface area (Å²) in [6, 6.07) is 8.48. The van der Waals surface area contributed by atoms with Gasteiger partial charge in [-0.05, 0) is 30.7 Å². The van der Waals surface area contributed by atoms with Crippen LogP contribution in [0.1, 0.15) is 18.5 Å². The van der Waals surface area contributed by atoms with E-state index in [1.807, 2.05) is 13.0 Å². The van der Waals surface area contributed by atoms with Crippen molar-refractivity contribution in [2.45, 2.75) is 13.0 Å². The van der Waals surface area contributed by atoms with Crippen molar-refractivity contribution < 1.29 is 5.11 Å². The molecule has 23 heavy (non-hydrogen) atoms. The van der Waals surface area contributed by atoms with Crippen molar-refractivity contribution in [2.24, 2.45) is 0 Å². The second kappa shape index (κ2) is 4.91. The molecule has 4 rings (SSSR count). The minimum absolute atomic E-state index is 0.145. The van der Waals surface area contributed by atoms with Gasteiger partial charge in [0.15, 0.2) is 0 Å². The predicted molar refractivity (Wildman–Crippen MR) is 84.5 cm³/mol. The van der Waals surface area contributed by atoms with Crippen molar-refractivity contribution in [3.63, 3.8) is 0 Å². The first-order chi connectivity index (χ1) is 11.1. The Bertz CT molecular complexity index is 1070. The number of aromatic hydroxyl groups is 1. The number of hydrogen-bond donors (Lipinski definition) is 1. The van der Waals surface area contributed by atoms with Gasteiger partial charge in [0.05, 0.1) is 16.9 Å². The van der Waals surface area contributed by atoms with Gasteiger partial charge in [-0.25, -0.2) is 4.98 Å². The molecule has 1 aromatic carbocycles. The second-order valence-corrected chi connectivity index (χ2v) is 5.32. The Hall–Kier alpha value is -3.22. The zero-order chi connectivity index (χ0) is 16.0. The maximum absolute atomic E-state index is 12.8. The highest BCUT2D eigenvalue weighted by molar-refractivity contribution is 5.78. The number of phenols is 1. The first-order valence-corrected chi connectivity index (χ1v) is 7.13. The molecule has 0 aliphatic carbocycles. The topological polar surface area (TPSA) is 85.3 Å². The van der Waals surface area contributed by atoms with E-state index in [1.165, 1.54) is 12.5 Å². The van der Waals surface area contributed by atoms with Gasteiger partial charge in [-0.2, -0.15) is 14.6 Å². The molecule has 0 radical (unpaired) electrons. The normalized spacial score (nSPS) is 12.7. The van der Waals surface area contributed by atoms with E-state index in [1.54, 1.807) is 39.5 Å². The van der Waals surface area contributed by atoms with Crippen LogP contribution in [-0.2, 0) is 0 Å². The number of aromatic nitrogens is 5. The Balaban J connectivity index is 1.90. The lowest BCUT2D eigenvalue weighted by Crippen LogP contribution is -2.24. The average molecular weight is 307 g/mol. The lowest BCUT2D eigenvalue weighted by molar-refractivity contribution is 0.474. The molecule has 0 bridgehead atoms. The number of nitrogens with zero attached hydrogens (tertiary/aromatic N) is 5.